The van der Waals surface area contributed by atoms with Crippen LogP contribution in [-0.4, -0.2) is 41.3 Å². The first-order valence-electron chi connectivity index (χ1n) is 12.0. The summed E-state index contributed by atoms with van der Waals surface area (Å²) in [7, 11) is 3.13. The molecule has 4 aromatic rings. The fraction of sp³-hybridized carbons (Fsp3) is 0.296. The van der Waals surface area contributed by atoms with Gasteiger partial charge in [-0.05, 0) is 49.1 Å². The van der Waals surface area contributed by atoms with Gasteiger partial charge in [0, 0.05) is 24.4 Å². The Morgan fingerprint density at radius 2 is 1.90 bits per heavy atom. The van der Waals surface area contributed by atoms with E-state index in [1.165, 1.54) is 23.9 Å². The van der Waals surface area contributed by atoms with Crippen molar-refractivity contribution in [1.29, 1.82) is 0 Å². The Labute approximate surface area is 232 Å². The number of thioether (sulfide) groups is 1. The van der Waals surface area contributed by atoms with Gasteiger partial charge in [-0.1, -0.05) is 30.0 Å². The van der Waals surface area contributed by atoms with Gasteiger partial charge in [0.15, 0.2) is 16.7 Å². The summed E-state index contributed by atoms with van der Waals surface area (Å²) in [5.74, 6) is 1.07. The van der Waals surface area contributed by atoms with Crippen LogP contribution in [0.4, 0.5) is 5.69 Å². The van der Waals surface area contributed by atoms with Gasteiger partial charge < -0.3 is 14.2 Å². The average molecular weight is 570 g/mol. The lowest BCUT2D eigenvalue weighted by molar-refractivity contribution is -0.384. The fourth-order valence-electron chi connectivity index (χ4n) is 4.08. The summed E-state index contributed by atoms with van der Waals surface area (Å²) in [5.41, 5.74) is 1.94. The Kier molecular flexibility index (Phi) is 8.87. The zero-order chi connectivity index (χ0) is 28.1. The lowest BCUT2D eigenvalue weighted by atomic mass is 10.1. The quantitative estimate of drug-likeness (QED) is 0.0767. The third kappa shape index (κ3) is 6.07. The maximum Gasteiger partial charge on any atom is 0.348 e. The standard InChI is InChI=1S/C27H27N3O7S2/c1-5-37-26(32)23-16(2)22-24(39-23)28-27(38-15-18-7-6-8-19(13-18)30(33)34)29(25(22)31)12-11-17-9-10-20(35-3)21(14-17)36-4/h6-10,13-14H,5,11-12,15H2,1-4H3. The molecule has 2 aromatic heterocycles. The van der Waals surface area contributed by atoms with Crippen LogP contribution in [0, 0.1) is 17.0 Å². The molecule has 2 heterocycles. The van der Waals surface area contributed by atoms with Crippen LogP contribution in [0.5, 0.6) is 11.5 Å². The Balaban J connectivity index is 1.73. The van der Waals surface area contributed by atoms with Crippen molar-refractivity contribution < 1.29 is 23.9 Å². The number of nitrogens with zero attached hydrogens (tertiary/aromatic N) is 3. The van der Waals surface area contributed by atoms with Crippen LogP contribution in [0.25, 0.3) is 10.2 Å². The van der Waals surface area contributed by atoms with Crippen LogP contribution in [0.1, 0.15) is 33.3 Å². The van der Waals surface area contributed by atoms with E-state index >= 15 is 0 Å². The van der Waals surface area contributed by atoms with Crippen molar-refractivity contribution >= 4 is 45.0 Å². The van der Waals surface area contributed by atoms with Crippen molar-refractivity contribution in [3.63, 3.8) is 0 Å². The molecule has 12 heteroatoms. The first-order valence-corrected chi connectivity index (χ1v) is 13.9. The lowest BCUT2D eigenvalue weighted by Gasteiger charge is -2.14. The molecule has 0 N–H and O–H groups in total. The van der Waals surface area contributed by atoms with Crippen molar-refractivity contribution in [2.24, 2.45) is 0 Å². The van der Waals surface area contributed by atoms with Gasteiger partial charge in [-0.25, -0.2) is 9.78 Å². The topological polar surface area (TPSA) is 123 Å². The van der Waals surface area contributed by atoms with Gasteiger partial charge in [-0.15, -0.1) is 11.3 Å². The highest BCUT2D eigenvalue weighted by atomic mass is 32.2. The number of nitro groups is 1. The number of non-ortho nitro benzene ring substituents is 1. The number of fused-ring (bicyclic) bond motifs is 1. The summed E-state index contributed by atoms with van der Waals surface area (Å²) in [5, 5.41) is 12.0. The van der Waals surface area contributed by atoms with E-state index in [0.717, 1.165) is 22.5 Å². The largest absolute Gasteiger partial charge is 0.493 e. The number of aryl methyl sites for hydroxylation is 2. The number of carbonyl (C=O) groups excluding carboxylic acids is 1. The highest BCUT2D eigenvalue weighted by Crippen LogP contribution is 2.32. The zero-order valence-corrected chi connectivity index (χ0v) is 23.5. The summed E-state index contributed by atoms with van der Waals surface area (Å²) in [6.07, 6.45) is 0.506. The molecule has 0 radical (unpaired) electrons. The number of thiophene rings is 1. The second kappa shape index (κ2) is 12.3. The Morgan fingerprint density at radius 3 is 2.59 bits per heavy atom. The first-order chi connectivity index (χ1) is 18.8. The maximum atomic E-state index is 13.8. The van der Waals surface area contributed by atoms with Gasteiger partial charge >= 0.3 is 5.97 Å². The second-order valence-corrected chi connectivity index (χ2v) is 10.4. The molecule has 0 aliphatic rings. The lowest BCUT2D eigenvalue weighted by Crippen LogP contribution is -2.24. The van der Waals surface area contributed by atoms with E-state index in [1.54, 1.807) is 44.8 Å². The van der Waals surface area contributed by atoms with Gasteiger partial charge in [0.1, 0.15) is 9.71 Å². The number of aromatic nitrogens is 2. The molecule has 0 saturated carbocycles. The predicted octanol–water partition coefficient (Wildman–Crippen LogP) is 5.40. The number of benzene rings is 2. The average Bonchev–Trinajstić information content (AvgIpc) is 3.27. The Morgan fingerprint density at radius 1 is 1.13 bits per heavy atom. The summed E-state index contributed by atoms with van der Waals surface area (Å²) in [4.78, 5) is 42.6. The minimum atomic E-state index is -0.486. The third-order valence-electron chi connectivity index (χ3n) is 6.04. The summed E-state index contributed by atoms with van der Waals surface area (Å²) in [6.45, 7) is 3.99. The maximum absolute atomic E-state index is 13.8. The number of methoxy groups -OCH3 is 2. The van der Waals surface area contributed by atoms with Gasteiger partial charge in [-0.3, -0.25) is 19.5 Å². The summed E-state index contributed by atoms with van der Waals surface area (Å²) in [6, 6.07) is 11.9. The number of rotatable bonds is 11. The minimum Gasteiger partial charge on any atom is -0.493 e. The van der Waals surface area contributed by atoms with Gasteiger partial charge in [-0.2, -0.15) is 0 Å². The number of hydrogen-bond donors (Lipinski definition) is 0. The molecule has 10 nitrogen and oxygen atoms in total. The molecular formula is C27H27N3O7S2. The Hall–Kier alpha value is -3.90. The molecule has 0 aliphatic carbocycles. The van der Waals surface area contributed by atoms with E-state index in [4.69, 9.17) is 19.2 Å². The van der Waals surface area contributed by atoms with Crippen molar-refractivity contribution in [3.8, 4) is 11.5 Å². The Bertz CT molecular complexity index is 1600. The molecule has 0 unspecified atom stereocenters. The van der Waals surface area contributed by atoms with Crippen LogP contribution >= 0.6 is 23.1 Å². The number of nitro benzene ring substituents is 1. The molecule has 0 bridgehead atoms. The van der Waals surface area contributed by atoms with Crippen LogP contribution in [0.15, 0.2) is 52.4 Å². The molecule has 0 saturated heterocycles. The third-order valence-corrected chi connectivity index (χ3v) is 8.25. The SMILES string of the molecule is CCOC(=O)c1sc2nc(SCc3cccc([N+](=O)[O-])c3)n(CCc3ccc(OC)c(OC)c3)c(=O)c2c1C. The first kappa shape index (κ1) is 28.1. The van der Waals surface area contributed by atoms with Crippen LogP contribution in [-0.2, 0) is 23.5 Å². The molecule has 0 atom stereocenters. The molecule has 204 valence electrons. The zero-order valence-electron chi connectivity index (χ0n) is 21.9. The van der Waals surface area contributed by atoms with E-state index in [0.29, 0.717) is 56.0 Å². The molecule has 39 heavy (non-hydrogen) atoms. The molecule has 0 fully saturated rings. The molecule has 0 aliphatic heterocycles. The van der Waals surface area contributed by atoms with Crippen molar-refractivity contribution in [2.75, 3.05) is 20.8 Å². The van der Waals surface area contributed by atoms with E-state index < -0.39 is 10.9 Å². The highest BCUT2D eigenvalue weighted by molar-refractivity contribution is 7.98. The van der Waals surface area contributed by atoms with Crippen LogP contribution in [0.2, 0.25) is 0 Å². The smallest absolute Gasteiger partial charge is 0.348 e. The van der Waals surface area contributed by atoms with Crippen LogP contribution < -0.4 is 15.0 Å². The minimum absolute atomic E-state index is 0.00434. The molecule has 4 rings (SSSR count). The number of ether oxygens (including phenoxy) is 3. The molecule has 2 aromatic carbocycles. The number of esters is 1. The summed E-state index contributed by atoms with van der Waals surface area (Å²) < 4.78 is 17.5. The van der Waals surface area contributed by atoms with Crippen molar-refractivity contribution in [3.05, 3.63) is 84.5 Å². The molecule has 0 amide bonds. The molecular weight excluding hydrogens is 542 g/mol. The van der Waals surface area contributed by atoms with E-state index in [-0.39, 0.29) is 17.9 Å². The van der Waals surface area contributed by atoms with Crippen molar-refractivity contribution in [2.45, 2.75) is 37.7 Å². The summed E-state index contributed by atoms with van der Waals surface area (Å²) >= 11 is 2.44. The molecule has 0 spiro atoms. The highest BCUT2D eigenvalue weighted by Gasteiger charge is 2.23. The van der Waals surface area contributed by atoms with E-state index in [2.05, 4.69) is 0 Å². The van der Waals surface area contributed by atoms with Gasteiger partial charge in [0.05, 0.1) is 31.1 Å². The van der Waals surface area contributed by atoms with Crippen LogP contribution in [0.3, 0.4) is 0 Å². The monoisotopic (exact) mass is 569 g/mol. The van der Waals surface area contributed by atoms with E-state index in [9.17, 15) is 19.7 Å². The van der Waals surface area contributed by atoms with Crippen molar-refractivity contribution in [1.82, 2.24) is 9.55 Å². The normalized spacial score (nSPS) is 11.0. The predicted molar refractivity (Wildman–Crippen MR) is 150 cm³/mol. The number of hydrogen-bond acceptors (Lipinski definition) is 10. The second-order valence-electron chi connectivity index (χ2n) is 8.46. The number of carbonyl (C=O) groups is 1. The fourth-order valence-corrected chi connectivity index (χ4v) is 6.17. The van der Waals surface area contributed by atoms with E-state index in [1.807, 2.05) is 18.2 Å². The van der Waals surface area contributed by atoms with Gasteiger partial charge in [0.25, 0.3) is 11.2 Å². The van der Waals surface area contributed by atoms with Gasteiger partial charge in [0.2, 0.25) is 0 Å².